The van der Waals surface area contributed by atoms with E-state index in [1.807, 2.05) is 30.3 Å². The number of hydrogen-bond donors (Lipinski definition) is 1. The lowest BCUT2D eigenvalue weighted by Gasteiger charge is -1.98. The topological polar surface area (TPSA) is 68.0 Å². The summed E-state index contributed by atoms with van der Waals surface area (Å²) in [7, 11) is 0. The fourth-order valence-corrected chi connectivity index (χ4v) is 3.02. The Balaban J connectivity index is 1.86. The van der Waals surface area contributed by atoms with Crippen molar-refractivity contribution in [2.75, 3.05) is 5.32 Å². The van der Waals surface area contributed by atoms with Crippen molar-refractivity contribution in [2.24, 2.45) is 0 Å². The van der Waals surface area contributed by atoms with E-state index in [9.17, 15) is 4.79 Å². The molecule has 2 heterocycles. The second-order valence-corrected chi connectivity index (χ2v) is 5.87. The number of hydrogen-bond acceptors (Lipinski definition) is 5. The zero-order valence-corrected chi connectivity index (χ0v) is 13.1. The minimum Gasteiger partial charge on any atom is -0.361 e. The molecule has 1 aromatic carbocycles. The Morgan fingerprint density at radius 3 is 2.73 bits per heavy atom. The molecule has 0 aliphatic carbocycles. The molecule has 0 saturated heterocycles. The number of thiazole rings is 1. The molecule has 0 aliphatic heterocycles. The highest BCUT2D eigenvalue weighted by molar-refractivity contribution is 7.16. The summed E-state index contributed by atoms with van der Waals surface area (Å²) in [6.45, 7) is 3.82. The first-order valence-electron chi connectivity index (χ1n) is 6.97. The van der Waals surface area contributed by atoms with Gasteiger partial charge in [-0.15, -0.1) is 11.3 Å². The maximum absolute atomic E-state index is 12.1. The molecule has 0 bridgehead atoms. The molecular weight excluding hydrogens is 298 g/mol. The predicted molar refractivity (Wildman–Crippen MR) is 86.1 cm³/mol. The van der Waals surface area contributed by atoms with E-state index < -0.39 is 0 Å². The van der Waals surface area contributed by atoms with E-state index in [1.54, 1.807) is 13.0 Å². The summed E-state index contributed by atoms with van der Waals surface area (Å²) in [5, 5.41) is 7.06. The second kappa shape index (κ2) is 6.11. The van der Waals surface area contributed by atoms with Crippen LogP contribution < -0.4 is 5.32 Å². The molecule has 1 amide bonds. The molecule has 5 nitrogen and oxygen atoms in total. The van der Waals surface area contributed by atoms with Gasteiger partial charge in [0.1, 0.15) is 5.76 Å². The lowest BCUT2D eigenvalue weighted by molar-refractivity contribution is 0.101. The van der Waals surface area contributed by atoms with Crippen LogP contribution in [0.2, 0.25) is 0 Å². The molecule has 0 atom stereocenters. The van der Waals surface area contributed by atoms with Crippen LogP contribution in [0, 0.1) is 6.92 Å². The number of nitrogens with one attached hydrogen (secondary N) is 1. The standard InChI is InChI=1S/C16H15N3O2S/c1-3-13-14(11-7-5-4-6-8-11)17-16(22-13)18-15(20)12-9-10(2)21-19-12/h4-9H,3H2,1-2H3,(H,17,18,20). The molecule has 0 fully saturated rings. The van der Waals surface area contributed by atoms with Gasteiger partial charge >= 0.3 is 0 Å². The number of nitrogens with zero attached hydrogens (tertiary/aromatic N) is 2. The fourth-order valence-electron chi connectivity index (χ4n) is 2.10. The largest absolute Gasteiger partial charge is 0.361 e. The summed E-state index contributed by atoms with van der Waals surface area (Å²) in [5.74, 6) is 0.288. The Morgan fingerprint density at radius 2 is 2.09 bits per heavy atom. The summed E-state index contributed by atoms with van der Waals surface area (Å²) < 4.78 is 4.91. The minimum atomic E-state index is -0.312. The first kappa shape index (κ1) is 14.5. The summed E-state index contributed by atoms with van der Waals surface area (Å²) in [5.41, 5.74) is 2.22. The predicted octanol–water partition coefficient (Wildman–Crippen LogP) is 3.92. The van der Waals surface area contributed by atoms with E-state index in [0.29, 0.717) is 10.9 Å². The second-order valence-electron chi connectivity index (χ2n) is 4.79. The smallest absolute Gasteiger partial charge is 0.279 e. The number of aryl methyl sites for hydroxylation is 2. The fraction of sp³-hybridized carbons (Fsp3) is 0.188. The van der Waals surface area contributed by atoms with E-state index in [2.05, 4.69) is 22.4 Å². The third kappa shape index (κ3) is 2.92. The van der Waals surface area contributed by atoms with Crippen LogP contribution in [0.1, 0.15) is 28.0 Å². The Bertz CT molecular complexity index is 793. The van der Waals surface area contributed by atoms with Crippen molar-refractivity contribution in [1.82, 2.24) is 10.1 Å². The summed E-state index contributed by atoms with van der Waals surface area (Å²) >= 11 is 1.48. The van der Waals surface area contributed by atoms with Crippen LogP contribution >= 0.6 is 11.3 Å². The van der Waals surface area contributed by atoms with Crippen molar-refractivity contribution < 1.29 is 9.32 Å². The molecule has 3 rings (SSSR count). The van der Waals surface area contributed by atoms with Gasteiger partial charge in [-0.3, -0.25) is 10.1 Å². The molecule has 22 heavy (non-hydrogen) atoms. The Labute approximate surface area is 132 Å². The van der Waals surface area contributed by atoms with Crippen molar-refractivity contribution in [3.8, 4) is 11.3 Å². The first-order valence-corrected chi connectivity index (χ1v) is 7.79. The number of carbonyl (C=O) groups excluding carboxylic acids is 1. The average molecular weight is 313 g/mol. The van der Waals surface area contributed by atoms with Crippen LogP contribution in [-0.2, 0) is 6.42 Å². The maximum Gasteiger partial charge on any atom is 0.279 e. The summed E-state index contributed by atoms with van der Waals surface area (Å²) in [4.78, 5) is 17.8. The van der Waals surface area contributed by atoms with Gasteiger partial charge in [-0.1, -0.05) is 42.4 Å². The Hall–Kier alpha value is -2.47. The van der Waals surface area contributed by atoms with Gasteiger partial charge in [0.2, 0.25) is 0 Å². The van der Waals surface area contributed by atoms with E-state index in [-0.39, 0.29) is 11.6 Å². The Morgan fingerprint density at radius 1 is 1.32 bits per heavy atom. The normalized spacial score (nSPS) is 10.6. The van der Waals surface area contributed by atoms with E-state index in [4.69, 9.17) is 4.52 Å². The van der Waals surface area contributed by atoms with Gasteiger partial charge in [0.15, 0.2) is 10.8 Å². The van der Waals surface area contributed by atoms with Gasteiger partial charge in [0.05, 0.1) is 5.69 Å². The zero-order valence-electron chi connectivity index (χ0n) is 12.3. The molecule has 0 spiro atoms. The number of rotatable bonds is 4. The third-order valence-electron chi connectivity index (χ3n) is 3.15. The lowest BCUT2D eigenvalue weighted by atomic mass is 10.1. The van der Waals surface area contributed by atoms with Crippen molar-refractivity contribution in [3.63, 3.8) is 0 Å². The van der Waals surface area contributed by atoms with Crippen LogP contribution in [0.5, 0.6) is 0 Å². The molecule has 6 heteroatoms. The van der Waals surface area contributed by atoms with E-state index in [1.165, 1.54) is 11.3 Å². The molecular formula is C16H15N3O2S. The number of aromatic nitrogens is 2. The highest BCUT2D eigenvalue weighted by atomic mass is 32.1. The molecule has 0 unspecified atom stereocenters. The highest BCUT2D eigenvalue weighted by Gasteiger charge is 2.16. The SMILES string of the molecule is CCc1sc(NC(=O)c2cc(C)on2)nc1-c1ccccc1. The molecule has 0 saturated carbocycles. The average Bonchev–Trinajstić information content (AvgIpc) is 3.14. The van der Waals surface area contributed by atoms with Crippen LogP contribution in [-0.4, -0.2) is 16.0 Å². The lowest BCUT2D eigenvalue weighted by Crippen LogP contribution is -2.11. The van der Waals surface area contributed by atoms with Gasteiger partial charge in [0, 0.05) is 16.5 Å². The maximum atomic E-state index is 12.1. The molecule has 0 aliphatic rings. The van der Waals surface area contributed by atoms with Gasteiger partial charge in [-0.25, -0.2) is 4.98 Å². The van der Waals surface area contributed by atoms with Crippen molar-refractivity contribution in [2.45, 2.75) is 20.3 Å². The molecule has 0 radical (unpaired) electrons. The van der Waals surface area contributed by atoms with E-state index >= 15 is 0 Å². The number of benzene rings is 1. The van der Waals surface area contributed by atoms with Gasteiger partial charge < -0.3 is 4.52 Å². The summed E-state index contributed by atoms with van der Waals surface area (Å²) in [6, 6.07) is 11.6. The quantitative estimate of drug-likeness (QED) is 0.792. The van der Waals surface area contributed by atoms with E-state index in [0.717, 1.165) is 22.6 Å². The molecule has 2 aromatic heterocycles. The van der Waals surface area contributed by atoms with Gasteiger partial charge in [-0.05, 0) is 13.3 Å². The van der Waals surface area contributed by atoms with Crippen molar-refractivity contribution in [3.05, 3.63) is 52.7 Å². The zero-order chi connectivity index (χ0) is 15.5. The molecule has 3 aromatic rings. The highest BCUT2D eigenvalue weighted by Crippen LogP contribution is 2.31. The van der Waals surface area contributed by atoms with Crippen LogP contribution in [0.3, 0.4) is 0 Å². The molecule has 1 N–H and O–H groups in total. The van der Waals surface area contributed by atoms with Gasteiger partial charge in [-0.2, -0.15) is 0 Å². The summed E-state index contributed by atoms with van der Waals surface area (Å²) in [6.07, 6.45) is 0.862. The van der Waals surface area contributed by atoms with Crippen LogP contribution in [0.15, 0.2) is 40.9 Å². The van der Waals surface area contributed by atoms with Crippen LogP contribution in [0.4, 0.5) is 5.13 Å². The number of amides is 1. The Kier molecular flexibility index (Phi) is 4.02. The van der Waals surface area contributed by atoms with Crippen molar-refractivity contribution in [1.29, 1.82) is 0 Å². The monoisotopic (exact) mass is 313 g/mol. The first-order chi connectivity index (χ1) is 10.7. The van der Waals surface area contributed by atoms with Crippen molar-refractivity contribution >= 4 is 22.4 Å². The number of anilines is 1. The minimum absolute atomic E-state index is 0.256. The number of carbonyl (C=O) groups is 1. The van der Waals surface area contributed by atoms with Gasteiger partial charge in [0.25, 0.3) is 5.91 Å². The third-order valence-corrected chi connectivity index (χ3v) is 4.26. The van der Waals surface area contributed by atoms with Crippen LogP contribution in [0.25, 0.3) is 11.3 Å². The molecule has 112 valence electrons.